The summed E-state index contributed by atoms with van der Waals surface area (Å²) in [4.78, 5) is 17.1. The molecular formula is C22H20N2O2. The van der Waals surface area contributed by atoms with Crippen LogP contribution in [0, 0.1) is 13.8 Å². The van der Waals surface area contributed by atoms with E-state index in [4.69, 9.17) is 4.42 Å². The van der Waals surface area contributed by atoms with Crippen LogP contribution in [0.5, 0.6) is 0 Å². The van der Waals surface area contributed by atoms with Crippen molar-refractivity contribution in [1.82, 2.24) is 4.98 Å². The van der Waals surface area contributed by atoms with Crippen molar-refractivity contribution in [3.8, 4) is 0 Å². The molecule has 0 unspecified atom stereocenters. The largest absolute Gasteiger partial charge is 0.459 e. The molecule has 0 spiro atoms. The van der Waals surface area contributed by atoms with E-state index in [0.29, 0.717) is 12.0 Å². The minimum atomic E-state index is 0.0613. The van der Waals surface area contributed by atoms with Gasteiger partial charge in [-0.2, -0.15) is 0 Å². The Bertz CT molecular complexity index is 1140. The van der Waals surface area contributed by atoms with E-state index in [-0.39, 0.29) is 5.78 Å². The van der Waals surface area contributed by atoms with Gasteiger partial charge in [-0.15, -0.1) is 0 Å². The summed E-state index contributed by atoms with van der Waals surface area (Å²) in [6.07, 6.45) is 2.09. The first-order valence-corrected chi connectivity index (χ1v) is 8.76. The zero-order chi connectivity index (χ0) is 18.3. The van der Waals surface area contributed by atoms with Gasteiger partial charge in [0.05, 0.1) is 11.3 Å². The number of Topliss-reactive ketones (excluding diaryl/α,β-unsaturated/α-hetero) is 1. The number of furan rings is 1. The van der Waals surface area contributed by atoms with E-state index in [1.165, 1.54) is 0 Å². The summed E-state index contributed by atoms with van der Waals surface area (Å²) >= 11 is 0. The van der Waals surface area contributed by atoms with Crippen LogP contribution in [0.3, 0.4) is 0 Å². The van der Waals surface area contributed by atoms with E-state index in [1.54, 1.807) is 6.20 Å². The van der Waals surface area contributed by atoms with Crippen molar-refractivity contribution in [1.29, 1.82) is 0 Å². The maximum absolute atomic E-state index is 12.5. The topological polar surface area (TPSA) is 55.1 Å². The van der Waals surface area contributed by atoms with Gasteiger partial charge < -0.3 is 9.73 Å². The van der Waals surface area contributed by atoms with Gasteiger partial charge in [-0.1, -0.05) is 31.2 Å². The SMILES string of the molecule is CCC(=O)c1cnc2c(ccc3cc(C)oc32)c1Nc1ccccc1C. The molecule has 2 heterocycles. The number of nitrogens with one attached hydrogen (secondary N) is 1. The molecule has 0 atom stereocenters. The fourth-order valence-electron chi connectivity index (χ4n) is 3.27. The quantitative estimate of drug-likeness (QED) is 0.466. The zero-order valence-electron chi connectivity index (χ0n) is 15.1. The molecule has 4 nitrogen and oxygen atoms in total. The first-order chi connectivity index (χ1) is 12.6. The number of rotatable bonds is 4. The lowest BCUT2D eigenvalue weighted by Crippen LogP contribution is -2.05. The number of ketones is 1. The molecule has 26 heavy (non-hydrogen) atoms. The number of aryl methyl sites for hydroxylation is 2. The lowest BCUT2D eigenvalue weighted by atomic mass is 10.0. The lowest BCUT2D eigenvalue weighted by molar-refractivity contribution is 0.0989. The highest BCUT2D eigenvalue weighted by Crippen LogP contribution is 2.35. The number of hydrogen-bond donors (Lipinski definition) is 1. The Morgan fingerprint density at radius 3 is 2.73 bits per heavy atom. The number of benzene rings is 2. The molecule has 0 fully saturated rings. The van der Waals surface area contributed by atoms with Gasteiger partial charge in [-0.25, -0.2) is 0 Å². The van der Waals surface area contributed by atoms with Crippen molar-refractivity contribution in [3.63, 3.8) is 0 Å². The molecule has 0 bridgehead atoms. The number of carbonyl (C=O) groups is 1. The van der Waals surface area contributed by atoms with Gasteiger partial charge in [0.2, 0.25) is 0 Å². The van der Waals surface area contributed by atoms with Gasteiger partial charge in [0.15, 0.2) is 11.4 Å². The van der Waals surface area contributed by atoms with Crippen LogP contribution in [0.25, 0.3) is 21.9 Å². The Morgan fingerprint density at radius 2 is 1.96 bits per heavy atom. The van der Waals surface area contributed by atoms with E-state index in [1.807, 2.05) is 63.2 Å². The summed E-state index contributed by atoms with van der Waals surface area (Å²) in [5, 5.41) is 5.36. The molecule has 0 aliphatic carbocycles. The molecule has 2 aromatic heterocycles. The molecule has 0 saturated heterocycles. The smallest absolute Gasteiger partial charge is 0.166 e. The van der Waals surface area contributed by atoms with Crippen molar-refractivity contribution in [3.05, 3.63) is 65.5 Å². The number of hydrogen-bond acceptors (Lipinski definition) is 4. The van der Waals surface area contributed by atoms with Crippen molar-refractivity contribution in [2.75, 3.05) is 5.32 Å². The second-order valence-corrected chi connectivity index (χ2v) is 6.50. The summed E-state index contributed by atoms with van der Waals surface area (Å²) in [5.41, 5.74) is 4.99. The minimum absolute atomic E-state index is 0.0613. The maximum Gasteiger partial charge on any atom is 0.166 e. The Balaban J connectivity index is 2.01. The van der Waals surface area contributed by atoms with Crippen molar-refractivity contribution in [2.45, 2.75) is 27.2 Å². The maximum atomic E-state index is 12.5. The van der Waals surface area contributed by atoms with Crippen LogP contribution in [0.15, 0.2) is 53.1 Å². The van der Waals surface area contributed by atoms with E-state index in [9.17, 15) is 4.79 Å². The highest BCUT2D eigenvalue weighted by Gasteiger charge is 2.17. The highest BCUT2D eigenvalue weighted by atomic mass is 16.3. The normalized spacial score (nSPS) is 11.2. The molecule has 4 rings (SSSR count). The van der Waals surface area contributed by atoms with Crippen LogP contribution in [0.2, 0.25) is 0 Å². The number of fused-ring (bicyclic) bond motifs is 3. The Hall–Kier alpha value is -3.14. The van der Waals surface area contributed by atoms with Crippen LogP contribution >= 0.6 is 0 Å². The van der Waals surface area contributed by atoms with Gasteiger partial charge in [0.25, 0.3) is 0 Å². The third-order valence-corrected chi connectivity index (χ3v) is 4.67. The molecule has 4 aromatic rings. The molecule has 2 aromatic carbocycles. The molecule has 1 N–H and O–H groups in total. The van der Waals surface area contributed by atoms with E-state index < -0.39 is 0 Å². The Labute approximate surface area is 151 Å². The average molecular weight is 344 g/mol. The minimum Gasteiger partial charge on any atom is -0.459 e. The van der Waals surface area contributed by atoms with Crippen molar-refractivity contribution in [2.24, 2.45) is 0 Å². The average Bonchev–Trinajstić information content (AvgIpc) is 3.03. The van der Waals surface area contributed by atoms with E-state index in [2.05, 4.69) is 10.3 Å². The van der Waals surface area contributed by atoms with Crippen LogP contribution in [0.1, 0.15) is 35.0 Å². The van der Waals surface area contributed by atoms with Crippen LogP contribution in [-0.2, 0) is 0 Å². The Kier molecular flexibility index (Phi) is 3.96. The first kappa shape index (κ1) is 16.3. The second-order valence-electron chi connectivity index (χ2n) is 6.50. The summed E-state index contributed by atoms with van der Waals surface area (Å²) in [5.74, 6) is 0.905. The Morgan fingerprint density at radius 1 is 1.15 bits per heavy atom. The summed E-state index contributed by atoms with van der Waals surface area (Å²) in [6.45, 7) is 5.83. The predicted octanol–water partition coefficient (Wildman–Crippen LogP) is 5.93. The number of nitrogens with zero attached hydrogens (tertiary/aromatic N) is 1. The molecule has 0 radical (unpaired) electrons. The molecule has 0 aliphatic rings. The van der Waals surface area contributed by atoms with Gasteiger partial charge in [0, 0.05) is 29.1 Å². The third kappa shape index (κ3) is 2.64. The summed E-state index contributed by atoms with van der Waals surface area (Å²) < 4.78 is 5.86. The number of para-hydroxylation sites is 1. The van der Waals surface area contributed by atoms with Gasteiger partial charge in [0.1, 0.15) is 11.3 Å². The fourth-order valence-corrected chi connectivity index (χ4v) is 3.27. The third-order valence-electron chi connectivity index (χ3n) is 4.67. The molecular weight excluding hydrogens is 324 g/mol. The molecule has 4 heteroatoms. The van der Waals surface area contributed by atoms with Crippen LogP contribution in [-0.4, -0.2) is 10.8 Å². The fraction of sp³-hybridized carbons (Fsp3) is 0.182. The summed E-state index contributed by atoms with van der Waals surface area (Å²) in [7, 11) is 0. The van der Waals surface area contributed by atoms with Gasteiger partial charge in [-0.3, -0.25) is 9.78 Å². The number of anilines is 2. The van der Waals surface area contributed by atoms with Crippen LogP contribution in [0.4, 0.5) is 11.4 Å². The monoisotopic (exact) mass is 344 g/mol. The molecule has 0 amide bonds. The zero-order valence-corrected chi connectivity index (χ0v) is 15.1. The molecule has 130 valence electrons. The van der Waals surface area contributed by atoms with Crippen molar-refractivity contribution < 1.29 is 9.21 Å². The van der Waals surface area contributed by atoms with E-state index >= 15 is 0 Å². The van der Waals surface area contributed by atoms with Crippen LogP contribution < -0.4 is 5.32 Å². The lowest BCUT2D eigenvalue weighted by Gasteiger charge is -2.15. The number of carbonyl (C=O) groups excluding carboxylic acids is 1. The standard InChI is InChI=1S/C22H20N2O2/c1-4-19(25)17-12-23-21-16(10-9-15-11-14(3)26-22(15)21)20(17)24-18-8-6-5-7-13(18)2/h5-12H,4H2,1-3H3,(H,23,24). The predicted molar refractivity (Wildman–Crippen MR) is 105 cm³/mol. The van der Waals surface area contributed by atoms with E-state index in [0.717, 1.165) is 44.6 Å². The summed E-state index contributed by atoms with van der Waals surface area (Å²) in [6, 6.07) is 14.0. The molecule has 0 saturated carbocycles. The number of aromatic nitrogens is 1. The molecule has 0 aliphatic heterocycles. The second kappa shape index (κ2) is 6.30. The van der Waals surface area contributed by atoms with Gasteiger partial charge in [-0.05, 0) is 37.6 Å². The highest BCUT2D eigenvalue weighted by molar-refractivity contribution is 6.13. The van der Waals surface area contributed by atoms with Gasteiger partial charge >= 0.3 is 0 Å². The number of pyridine rings is 1. The van der Waals surface area contributed by atoms with Crippen molar-refractivity contribution >= 4 is 39.0 Å². The first-order valence-electron chi connectivity index (χ1n) is 8.76.